The summed E-state index contributed by atoms with van der Waals surface area (Å²) in [5.41, 5.74) is 0.419. The van der Waals surface area contributed by atoms with Crippen molar-refractivity contribution in [3.05, 3.63) is 29.8 Å². The molecule has 2 unspecified atom stereocenters. The van der Waals surface area contributed by atoms with Crippen LogP contribution in [-0.2, 0) is 30.3 Å². The van der Waals surface area contributed by atoms with Crippen LogP contribution in [0.3, 0.4) is 0 Å². The molecule has 11 nitrogen and oxygen atoms in total. The molecule has 0 aromatic heterocycles. The number of ether oxygens (including phenoxy) is 1. The number of esters is 1. The second kappa shape index (κ2) is 17.2. The normalized spacial score (nSPS) is 13.0. The van der Waals surface area contributed by atoms with Crippen LogP contribution in [0.15, 0.2) is 24.3 Å². The molecular weight excluding hydrogens is 637 g/mol. The molecule has 2 atom stereocenters. The Kier molecular flexibility index (Phi) is 15.2. The van der Waals surface area contributed by atoms with Crippen molar-refractivity contribution < 1.29 is 38.9 Å². The molecule has 0 fully saturated rings. The third kappa shape index (κ3) is 16.3. The van der Waals surface area contributed by atoms with Crippen LogP contribution in [0.4, 0.5) is 4.79 Å². The fourth-order valence-electron chi connectivity index (χ4n) is 3.92. The molecule has 0 saturated heterocycles. The first-order valence-electron chi connectivity index (χ1n) is 14.1. The molecule has 1 aromatic carbocycles. The first-order chi connectivity index (χ1) is 19.0. The molecule has 0 spiro atoms. The molecule has 1 aromatic rings. The van der Waals surface area contributed by atoms with Crippen LogP contribution in [0.25, 0.3) is 0 Å². The average Bonchev–Trinajstić information content (AvgIpc) is 2.84. The monoisotopic (exact) mass is 685 g/mol. The van der Waals surface area contributed by atoms with Gasteiger partial charge in [-0.3, -0.25) is 4.79 Å². The molecule has 0 bridgehead atoms. The number of unbranched alkanes of at least 4 members (excludes halogenated alkanes) is 1. The summed E-state index contributed by atoms with van der Waals surface area (Å²) in [6.45, 7) is 5.48. The summed E-state index contributed by atoms with van der Waals surface area (Å²) in [5.74, 6) is -3.29. The van der Waals surface area contributed by atoms with E-state index in [1.807, 2.05) is 0 Å². The van der Waals surface area contributed by atoms with Gasteiger partial charge >= 0.3 is 145 Å². The molecule has 0 aliphatic carbocycles. The third-order valence-corrected chi connectivity index (χ3v) is 12.1. The zero-order chi connectivity index (χ0) is 31.2. The fourth-order valence-corrected chi connectivity index (χ4v) is 7.25. The van der Waals surface area contributed by atoms with Crippen LogP contribution in [0, 0.1) is 0 Å². The fraction of sp³-hybridized carbons (Fsp3) is 0.621. The van der Waals surface area contributed by atoms with E-state index in [-0.39, 0.29) is 18.7 Å². The Morgan fingerprint density at radius 2 is 1.46 bits per heavy atom. The first-order valence-corrected chi connectivity index (χ1v) is 24.1. The van der Waals surface area contributed by atoms with Crippen molar-refractivity contribution in [2.75, 3.05) is 6.54 Å². The van der Waals surface area contributed by atoms with Gasteiger partial charge in [0, 0.05) is 6.42 Å². The number of carboxylic acids is 2. The maximum Gasteiger partial charge on any atom is 0.326 e. The van der Waals surface area contributed by atoms with Crippen molar-refractivity contribution in [2.45, 2.75) is 105 Å². The molecule has 0 radical (unpaired) electrons. The Morgan fingerprint density at radius 3 is 2.00 bits per heavy atom. The molecule has 3 amide bonds. The largest absolute Gasteiger partial charge is 0.481 e. The van der Waals surface area contributed by atoms with Crippen molar-refractivity contribution in [1.29, 1.82) is 0 Å². The summed E-state index contributed by atoms with van der Waals surface area (Å²) in [6.07, 6.45) is 2.49. The van der Waals surface area contributed by atoms with E-state index in [9.17, 15) is 29.1 Å². The van der Waals surface area contributed by atoms with Crippen LogP contribution >= 0.6 is 0 Å². The van der Waals surface area contributed by atoms with Gasteiger partial charge in [-0.1, -0.05) is 0 Å². The SMILES string of the molecule is CC(C)(C)OC(=O)C(CCCCNC(=O)CCCc1cc[c]([Sn]([CH3])([CH3])[CH3])cc1)NC(=O)NC(CCC(=O)O)C(=O)O. The van der Waals surface area contributed by atoms with E-state index in [2.05, 4.69) is 55.0 Å². The Morgan fingerprint density at radius 1 is 0.854 bits per heavy atom. The maximum atomic E-state index is 12.7. The number of carboxylic acid groups (broad SMARTS) is 2. The Bertz CT molecular complexity index is 1030. The van der Waals surface area contributed by atoms with Gasteiger partial charge in [0.2, 0.25) is 0 Å². The van der Waals surface area contributed by atoms with E-state index in [4.69, 9.17) is 9.84 Å². The number of aryl methyl sites for hydroxylation is 1. The van der Waals surface area contributed by atoms with Crippen molar-refractivity contribution in [2.24, 2.45) is 0 Å². The van der Waals surface area contributed by atoms with E-state index in [1.54, 1.807) is 20.8 Å². The zero-order valence-electron chi connectivity index (χ0n) is 25.2. The Hall–Kier alpha value is -2.83. The zero-order valence-corrected chi connectivity index (χ0v) is 28.0. The third-order valence-electron chi connectivity index (χ3n) is 6.18. The van der Waals surface area contributed by atoms with E-state index >= 15 is 0 Å². The van der Waals surface area contributed by atoms with Crippen molar-refractivity contribution in [3.8, 4) is 0 Å². The number of carbonyl (C=O) groups is 5. The van der Waals surface area contributed by atoms with E-state index < -0.39 is 66.4 Å². The standard InChI is InChI=1S/C26H38N3O8.3CH3.Sn/c1-26(2,3)37-24(35)20(29-25(36)28-19(23(33)34)15-16-22(31)32)13-7-8-17-27-21(30)14-9-12-18-10-5-4-6-11-18;;;;/h5-6,10-11,19-20H,7-9,12-17H2,1-3H3,(H,27,30)(H,31,32)(H,33,34)(H2,28,29,36);3*1H3;. The number of aliphatic carboxylic acids is 2. The number of benzene rings is 1. The molecule has 0 aliphatic rings. The number of nitrogens with one attached hydrogen (secondary N) is 3. The van der Waals surface area contributed by atoms with Crippen LogP contribution in [0.5, 0.6) is 0 Å². The minimum absolute atomic E-state index is 0.0465. The molecule has 5 N–H and O–H groups in total. The van der Waals surface area contributed by atoms with Crippen LogP contribution < -0.4 is 19.5 Å². The van der Waals surface area contributed by atoms with Gasteiger partial charge in [-0.05, 0) is 33.6 Å². The van der Waals surface area contributed by atoms with Gasteiger partial charge in [0.05, 0.1) is 0 Å². The van der Waals surface area contributed by atoms with E-state index in [1.165, 1.54) is 9.14 Å². The Balaban J connectivity index is 2.50. The summed E-state index contributed by atoms with van der Waals surface area (Å²) >= 11 is -2.06. The molecule has 0 saturated carbocycles. The summed E-state index contributed by atoms with van der Waals surface area (Å²) < 4.78 is 6.87. The summed E-state index contributed by atoms with van der Waals surface area (Å²) in [4.78, 5) is 66.6. The molecule has 41 heavy (non-hydrogen) atoms. The van der Waals surface area contributed by atoms with Crippen molar-refractivity contribution in [3.63, 3.8) is 0 Å². The van der Waals surface area contributed by atoms with Gasteiger partial charge in [-0.15, -0.1) is 0 Å². The van der Waals surface area contributed by atoms with E-state index in [0.717, 1.165) is 12.8 Å². The van der Waals surface area contributed by atoms with E-state index in [0.29, 0.717) is 25.8 Å². The van der Waals surface area contributed by atoms with Gasteiger partial charge < -0.3 is 25.6 Å². The van der Waals surface area contributed by atoms with Gasteiger partial charge in [-0.2, -0.15) is 0 Å². The molecule has 0 heterocycles. The van der Waals surface area contributed by atoms with Crippen LogP contribution in [-0.4, -0.2) is 82.7 Å². The molecule has 1 rings (SSSR count). The minimum atomic E-state index is -2.06. The van der Waals surface area contributed by atoms with Gasteiger partial charge in [0.15, 0.2) is 0 Å². The van der Waals surface area contributed by atoms with Crippen LogP contribution in [0.1, 0.15) is 71.3 Å². The Labute approximate surface area is 247 Å². The predicted octanol–water partition coefficient (Wildman–Crippen LogP) is 3.17. The number of hydrogen-bond donors (Lipinski definition) is 5. The topological polar surface area (TPSA) is 171 Å². The maximum absolute atomic E-state index is 12.7. The number of urea groups is 1. The van der Waals surface area contributed by atoms with Crippen molar-refractivity contribution in [1.82, 2.24) is 16.0 Å². The average molecular weight is 684 g/mol. The van der Waals surface area contributed by atoms with Gasteiger partial charge in [0.1, 0.15) is 17.7 Å². The minimum Gasteiger partial charge on any atom is -0.481 e. The second-order valence-electron chi connectivity index (χ2n) is 12.2. The molecular formula is C29H47N3O8Sn. The number of carbonyl (C=O) groups excluding carboxylic acids is 3. The van der Waals surface area contributed by atoms with Gasteiger partial charge in [-0.25, -0.2) is 14.4 Å². The summed E-state index contributed by atoms with van der Waals surface area (Å²) in [6, 6.07) is 5.36. The second-order valence-corrected chi connectivity index (χ2v) is 26.7. The van der Waals surface area contributed by atoms with Crippen molar-refractivity contribution >= 4 is 51.8 Å². The number of rotatable bonds is 17. The molecule has 0 aliphatic heterocycles. The number of hydrogen-bond acceptors (Lipinski definition) is 6. The quantitative estimate of drug-likeness (QED) is 0.0947. The molecule has 230 valence electrons. The van der Waals surface area contributed by atoms with Crippen LogP contribution in [0.2, 0.25) is 14.8 Å². The summed E-state index contributed by atoms with van der Waals surface area (Å²) in [7, 11) is 0. The smallest absolute Gasteiger partial charge is 0.326 e. The molecule has 12 heteroatoms. The predicted molar refractivity (Wildman–Crippen MR) is 159 cm³/mol. The van der Waals surface area contributed by atoms with Gasteiger partial charge in [0.25, 0.3) is 0 Å². The number of amides is 3. The first kappa shape index (κ1) is 36.2. The summed E-state index contributed by atoms with van der Waals surface area (Å²) in [5, 5.41) is 25.6.